The molecule has 176 valence electrons. The molecule has 0 aliphatic carbocycles. The summed E-state index contributed by atoms with van der Waals surface area (Å²) >= 11 is 0. The van der Waals surface area contributed by atoms with Gasteiger partial charge < -0.3 is 15.4 Å². The fraction of sp³-hybridized carbons (Fsp3) is 0.500. The number of hydroxylamine groups is 2. The van der Waals surface area contributed by atoms with Crippen LogP contribution in [0, 0.1) is 0 Å². The van der Waals surface area contributed by atoms with Crippen LogP contribution in [0.1, 0.15) is 25.3 Å². The second kappa shape index (κ2) is 9.68. The minimum Gasteiger partial charge on any atom is -0.492 e. The van der Waals surface area contributed by atoms with E-state index in [9.17, 15) is 22.8 Å². The van der Waals surface area contributed by atoms with Crippen LogP contribution in [-0.2, 0) is 30.7 Å². The SMILES string of the molecule is C[C@@H](N)COc1ccccc1CC(=O)NNC(=O)[C@@H]1CC[C@H]2CN1C(=O)N2OS(=O)(=O)O. The molecule has 3 atom stereocenters. The van der Waals surface area contributed by atoms with Crippen molar-refractivity contribution in [1.82, 2.24) is 20.8 Å². The van der Waals surface area contributed by atoms with E-state index in [0.717, 1.165) is 4.90 Å². The van der Waals surface area contributed by atoms with Crippen LogP contribution in [0.5, 0.6) is 5.75 Å². The number of piperidine rings is 1. The first-order valence-corrected chi connectivity index (χ1v) is 11.2. The van der Waals surface area contributed by atoms with Crippen LogP contribution in [0.4, 0.5) is 4.79 Å². The molecule has 4 amide bonds. The molecule has 0 unspecified atom stereocenters. The number of para-hydroxylation sites is 1. The summed E-state index contributed by atoms with van der Waals surface area (Å²) < 4.78 is 40.6. The van der Waals surface area contributed by atoms with E-state index in [4.69, 9.17) is 15.0 Å². The maximum absolute atomic E-state index is 12.5. The van der Waals surface area contributed by atoms with Gasteiger partial charge in [0.2, 0.25) is 5.91 Å². The largest absolute Gasteiger partial charge is 0.492 e. The molecule has 0 saturated carbocycles. The number of ether oxygens (including phenoxy) is 1. The highest BCUT2D eigenvalue weighted by Gasteiger charge is 2.49. The molecule has 13 nitrogen and oxygen atoms in total. The third kappa shape index (κ3) is 5.85. The van der Waals surface area contributed by atoms with Gasteiger partial charge in [-0.15, -0.1) is 4.28 Å². The number of urea groups is 1. The number of hydrogen-bond acceptors (Lipinski definition) is 8. The van der Waals surface area contributed by atoms with Crippen molar-refractivity contribution >= 4 is 28.2 Å². The molecule has 0 spiro atoms. The molecule has 14 heteroatoms. The molecule has 1 aromatic rings. The minimum atomic E-state index is -4.88. The van der Waals surface area contributed by atoms with Gasteiger partial charge in [-0.1, -0.05) is 18.2 Å². The minimum absolute atomic E-state index is 0.0463. The summed E-state index contributed by atoms with van der Waals surface area (Å²) in [5.41, 5.74) is 10.9. The van der Waals surface area contributed by atoms with Crippen molar-refractivity contribution in [3.63, 3.8) is 0 Å². The zero-order valence-electron chi connectivity index (χ0n) is 17.3. The van der Waals surface area contributed by atoms with Gasteiger partial charge in [-0.2, -0.15) is 13.5 Å². The standard InChI is InChI=1S/C18H25N5O8S/c1-11(19)10-30-15-5-3-2-4-12(15)8-16(24)20-21-17(25)14-7-6-13-9-22(14)18(26)23(13)31-32(27,28)29/h2-5,11,13-14H,6-10,19H2,1H3,(H,20,24)(H,21,25)(H,27,28,29)/t11-,13+,14+/m1/s1. The lowest BCUT2D eigenvalue weighted by molar-refractivity contribution is -0.131. The summed E-state index contributed by atoms with van der Waals surface area (Å²) in [6.07, 6.45) is 0.423. The van der Waals surface area contributed by atoms with Gasteiger partial charge in [-0.25, -0.2) is 4.79 Å². The van der Waals surface area contributed by atoms with Crippen LogP contribution in [0.25, 0.3) is 0 Å². The second-order valence-corrected chi connectivity index (χ2v) is 8.62. The lowest BCUT2D eigenvalue weighted by atomic mass is 10.0. The number of hydrogen-bond donors (Lipinski definition) is 4. The number of nitrogens with two attached hydrogens (primary N) is 1. The number of rotatable bonds is 8. The molecule has 5 N–H and O–H groups in total. The second-order valence-electron chi connectivity index (χ2n) is 7.62. The van der Waals surface area contributed by atoms with Gasteiger partial charge in [-0.3, -0.25) is 25.0 Å². The molecule has 2 heterocycles. The molecule has 2 aliphatic heterocycles. The van der Waals surface area contributed by atoms with Crippen LogP contribution < -0.4 is 21.3 Å². The van der Waals surface area contributed by atoms with Gasteiger partial charge in [0, 0.05) is 18.2 Å². The number of amides is 4. The van der Waals surface area contributed by atoms with Crippen molar-refractivity contribution in [2.45, 2.75) is 44.3 Å². The van der Waals surface area contributed by atoms with Crippen LogP contribution in [0.2, 0.25) is 0 Å². The Bertz CT molecular complexity index is 985. The van der Waals surface area contributed by atoms with Gasteiger partial charge in [0.1, 0.15) is 18.4 Å². The summed E-state index contributed by atoms with van der Waals surface area (Å²) in [5, 5.41) is 0.542. The lowest BCUT2D eigenvalue weighted by Gasteiger charge is -2.29. The van der Waals surface area contributed by atoms with E-state index in [2.05, 4.69) is 15.1 Å². The highest BCUT2D eigenvalue weighted by Crippen LogP contribution is 2.30. The molecule has 0 radical (unpaired) electrons. The molecule has 2 aliphatic rings. The van der Waals surface area contributed by atoms with E-state index < -0.39 is 40.3 Å². The van der Waals surface area contributed by atoms with Crippen molar-refractivity contribution in [1.29, 1.82) is 0 Å². The number of carbonyl (C=O) groups is 3. The highest BCUT2D eigenvalue weighted by atomic mass is 32.3. The zero-order valence-corrected chi connectivity index (χ0v) is 18.1. The van der Waals surface area contributed by atoms with Crippen molar-refractivity contribution in [2.24, 2.45) is 5.73 Å². The van der Waals surface area contributed by atoms with Gasteiger partial charge in [0.15, 0.2) is 0 Å². The summed E-state index contributed by atoms with van der Waals surface area (Å²) in [6.45, 7) is 2.11. The lowest BCUT2D eigenvalue weighted by Crippen LogP contribution is -2.54. The van der Waals surface area contributed by atoms with Crippen LogP contribution in [-0.4, -0.2) is 72.1 Å². The van der Waals surface area contributed by atoms with Crippen molar-refractivity contribution < 1.29 is 36.4 Å². The molecular weight excluding hydrogens is 446 g/mol. The Labute approximate surface area is 184 Å². The number of nitrogens with zero attached hydrogens (tertiary/aromatic N) is 2. The number of carbonyl (C=O) groups excluding carboxylic acids is 3. The van der Waals surface area contributed by atoms with E-state index in [1.807, 2.05) is 0 Å². The fourth-order valence-electron chi connectivity index (χ4n) is 3.55. The molecule has 2 bridgehead atoms. The van der Waals surface area contributed by atoms with Crippen LogP contribution in [0.3, 0.4) is 0 Å². The smallest absolute Gasteiger partial charge is 0.418 e. The Balaban J connectivity index is 1.54. The predicted molar refractivity (Wildman–Crippen MR) is 109 cm³/mol. The molecule has 32 heavy (non-hydrogen) atoms. The molecular formula is C18H25N5O8S. The van der Waals surface area contributed by atoms with Crippen molar-refractivity contribution in [3.05, 3.63) is 29.8 Å². The van der Waals surface area contributed by atoms with Crippen molar-refractivity contribution in [2.75, 3.05) is 13.2 Å². The first-order valence-electron chi connectivity index (χ1n) is 9.87. The van der Waals surface area contributed by atoms with E-state index >= 15 is 0 Å². The highest BCUT2D eigenvalue weighted by molar-refractivity contribution is 7.80. The monoisotopic (exact) mass is 471 g/mol. The fourth-order valence-corrected chi connectivity index (χ4v) is 3.94. The third-order valence-electron chi connectivity index (χ3n) is 4.95. The Kier molecular flexibility index (Phi) is 7.18. The number of benzene rings is 1. The number of hydrazine groups is 1. The molecule has 2 fully saturated rings. The Morgan fingerprint density at radius 3 is 2.69 bits per heavy atom. The van der Waals surface area contributed by atoms with E-state index in [-0.39, 0.29) is 38.5 Å². The molecule has 3 rings (SSSR count). The first-order chi connectivity index (χ1) is 15.0. The van der Waals surface area contributed by atoms with Crippen LogP contribution in [0.15, 0.2) is 24.3 Å². The maximum Gasteiger partial charge on any atom is 0.418 e. The average molecular weight is 471 g/mol. The number of nitrogens with one attached hydrogen (secondary N) is 2. The third-order valence-corrected chi connectivity index (χ3v) is 5.30. The molecule has 2 saturated heterocycles. The van der Waals surface area contributed by atoms with Gasteiger partial charge >= 0.3 is 16.4 Å². The van der Waals surface area contributed by atoms with Gasteiger partial charge in [0.05, 0.1) is 12.5 Å². The van der Waals surface area contributed by atoms with E-state index in [1.165, 1.54) is 0 Å². The first kappa shape index (κ1) is 23.7. The Hall–Kier alpha value is -2.94. The Morgan fingerprint density at radius 2 is 2.00 bits per heavy atom. The quantitative estimate of drug-likeness (QED) is 0.276. The molecule has 1 aromatic carbocycles. The maximum atomic E-state index is 12.5. The topological polar surface area (TPSA) is 181 Å². The summed E-state index contributed by atoms with van der Waals surface area (Å²) in [6, 6.07) is 4.34. The van der Waals surface area contributed by atoms with Gasteiger partial charge in [0.25, 0.3) is 5.91 Å². The van der Waals surface area contributed by atoms with E-state index in [0.29, 0.717) is 16.4 Å². The summed E-state index contributed by atoms with van der Waals surface area (Å²) in [4.78, 5) is 38.3. The number of fused-ring (bicyclic) bond motifs is 2. The van der Waals surface area contributed by atoms with Crippen molar-refractivity contribution in [3.8, 4) is 5.75 Å². The average Bonchev–Trinajstić information content (AvgIpc) is 2.95. The van der Waals surface area contributed by atoms with E-state index in [1.54, 1.807) is 31.2 Å². The van der Waals surface area contributed by atoms with Gasteiger partial charge in [-0.05, 0) is 25.8 Å². The predicted octanol–water partition coefficient (Wildman–Crippen LogP) is -0.894. The molecule has 0 aromatic heterocycles. The normalized spacial score (nSPS) is 21.3. The summed E-state index contributed by atoms with van der Waals surface area (Å²) in [5.74, 6) is -0.639. The van der Waals surface area contributed by atoms with Crippen LogP contribution >= 0.6 is 0 Å². The zero-order chi connectivity index (χ0) is 23.5. The summed E-state index contributed by atoms with van der Waals surface area (Å²) in [7, 11) is -4.88. The Morgan fingerprint density at radius 1 is 1.28 bits per heavy atom.